The topological polar surface area (TPSA) is 125 Å². The second kappa shape index (κ2) is 9.40. The fourth-order valence-corrected chi connectivity index (χ4v) is 4.57. The molecule has 1 fully saturated rings. The number of sulfone groups is 1. The molecule has 0 unspecified atom stereocenters. The summed E-state index contributed by atoms with van der Waals surface area (Å²) in [4.78, 5) is 12.8. The van der Waals surface area contributed by atoms with Crippen LogP contribution in [0.3, 0.4) is 0 Å². The molecule has 0 bridgehead atoms. The normalized spacial score (nSPS) is 16.9. The molecule has 0 saturated heterocycles. The Morgan fingerprint density at radius 2 is 1.88 bits per heavy atom. The Labute approximate surface area is 186 Å². The molecule has 0 radical (unpaired) electrons. The van der Waals surface area contributed by atoms with Gasteiger partial charge in [-0.2, -0.15) is 28.6 Å². The Bertz CT molecular complexity index is 1130. The van der Waals surface area contributed by atoms with Gasteiger partial charge >= 0.3 is 6.18 Å². The molecule has 0 spiro atoms. The smallest absolute Gasteiger partial charge is 0.336 e. The van der Waals surface area contributed by atoms with Crippen molar-refractivity contribution in [2.45, 2.75) is 42.4 Å². The summed E-state index contributed by atoms with van der Waals surface area (Å²) in [6.45, 7) is 0. The van der Waals surface area contributed by atoms with Gasteiger partial charge in [-0.15, -0.1) is 0 Å². The number of nitriles is 1. The van der Waals surface area contributed by atoms with Crippen molar-refractivity contribution in [3.05, 3.63) is 59.7 Å². The van der Waals surface area contributed by atoms with Gasteiger partial charge < -0.3 is 5.32 Å². The van der Waals surface area contributed by atoms with Crippen molar-refractivity contribution in [3.63, 3.8) is 0 Å². The van der Waals surface area contributed by atoms with Gasteiger partial charge in [0.15, 0.2) is 9.84 Å². The minimum Gasteiger partial charge on any atom is -0.336 e. The number of amides is 1. The van der Waals surface area contributed by atoms with Gasteiger partial charge in [0.1, 0.15) is 23.4 Å². The average Bonchev–Trinajstić information content (AvgIpc) is 3.51. The molecule has 0 aliphatic heterocycles. The molecule has 1 amide bonds. The highest BCUT2D eigenvalue weighted by Gasteiger charge is 2.48. The zero-order valence-electron chi connectivity index (χ0n) is 17.0. The van der Waals surface area contributed by atoms with E-state index >= 15 is 0 Å². The molecule has 13 heteroatoms. The maximum absolute atomic E-state index is 13.8. The van der Waals surface area contributed by atoms with E-state index in [1.54, 1.807) is 0 Å². The molecule has 2 N–H and O–H groups in total. The van der Waals surface area contributed by atoms with Crippen molar-refractivity contribution in [3.8, 4) is 6.07 Å². The third kappa shape index (κ3) is 6.69. The number of benzene rings is 1. The number of hydrogen-bond donors (Lipinski definition) is 2. The minimum atomic E-state index is -4.93. The molecular weight excluding hydrogens is 466 g/mol. The summed E-state index contributed by atoms with van der Waals surface area (Å²) < 4.78 is 80.1. The van der Waals surface area contributed by atoms with Crippen molar-refractivity contribution in [1.82, 2.24) is 20.8 Å². The molecule has 1 aromatic heterocycles. The molecule has 1 aliphatic carbocycles. The van der Waals surface area contributed by atoms with Crippen LogP contribution in [0.2, 0.25) is 0 Å². The second-order valence-electron chi connectivity index (χ2n) is 7.70. The standard InChI is InChI=1S/C20H19F4N5O3S/c21-14-5-3-13(4-6-14)17(20(22,23)24)27-16(18(30)28-19(12-25)7-8-19)11-33(31,32)10-15-2-1-9-26-29-15/h1-6,9,16-17,27H,7-8,10-11H2,(H,28,30)/t16-,17-/m0/s1. The van der Waals surface area contributed by atoms with Crippen LogP contribution in [0.1, 0.15) is 30.1 Å². The summed E-state index contributed by atoms with van der Waals surface area (Å²) >= 11 is 0. The first kappa shape index (κ1) is 24.5. The molecule has 176 valence electrons. The number of nitrogens with one attached hydrogen (secondary N) is 2. The fraction of sp³-hybridized carbons (Fsp3) is 0.400. The quantitative estimate of drug-likeness (QED) is 0.520. The third-order valence-corrected chi connectivity index (χ3v) is 6.53. The highest BCUT2D eigenvalue weighted by molar-refractivity contribution is 7.90. The van der Waals surface area contributed by atoms with E-state index in [1.807, 2.05) is 6.07 Å². The van der Waals surface area contributed by atoms with E-state index in [2.05, 4.69) is 20.8 Å². The highest BCUT2D eigenvalue weighted by Crippen LogP contribution is 2.35. The number of nitrogens with zero attached hydrogens (tertiary/aromatic N) is 3. The molecule has 1 aromatic carbocycles. The van der Waals surface area contributed by atoms with Gasteiger partial charge in [0.05, 0.1) is 23.3 Å². The van der Waals surface area contributed by atoms with Crippen LogP contribution in [0.4, 0.5) is 17.6 Å². The van der Waals surface area contributed by atoms with E-state index in [0.717, 1.165) is 24.3 Å². The maximum atomic E-state index is 13.8. The largest absolute Gasteiger partial charge is 0.407 e. The number of carbonyl (C=O) groups excluding carboxylic acids is 1. The first-order valence-electron chi connectivity index (χ1n) is 9.72. The number of halogens is 4. The number of alkyl halides is 3. The predicted molar refractivity (Wildman–Crippen MR) is 107 cm³/mol. The lowest BCUT2D eigenvalue weighted by Crippen LogP contribution is -2.54. The van der Waals surface area contributed by atoms with Crippen LogP contribution in [0, 0.1) is 17.1 Å². The van der Waals surface area contributed by atoms with Crippen LogP contribution in [0.25, 0.3) is 0 Å². The first-order chi connectivity index (χ1) is 15.4. The van der Waals surface area contributed by atoms with Crippen molar-refractivity contribution < 1.29 is 30.8 Å². The number of hydrogen-bond acceptors (Lipinski definition) is 7. The summed E-state index contributed by atoms with van der Waals surface area (Å²) in [6, 6.07) is 3.80. The summed E-state index contributed by atoms with van der Waals surface area (Å²) in [5.74, 6) is -3.47. The zero-order chi connectivity index (χ0) is 24.3. The monoisotopic (exact) mass is 485 g/mol. The Hall–Kier alpha value is -3.11. The Morgan fingerprint density at radius 3 is 2.39 bits per heavy atom. The van der Waals surface area contributed by atoms with E-state index in [-0.39, 0.29) is 5.69 Å². The highest BCUT2D eigenvalue weighted by atomic mass is 32.2. The van der Waals surface area contributed by atoms with Gasteiger partial charge in [0.2, 0.25) is 5.91 Å². The van der Waals surface area contributed by atoms with Gasteiger partial charge in [-0.25, -0.2) is 12.8 Å². The molecule has 1 heterocycles. The third-order valence-electron chi connectivity index (χ3n) is 4.96. The maximum Gasteiger partial charge on any atom is 0.407 e. The Balaban J connectivity index is 1.89. The van der Waals surface area contributed by atoms with Gasteiger partial charge in [-0.1, -0.05) is 12.1 Å². The Morgan fingerprint density at radius 1 is 1.21 bits per heavy atom. The minimum absolute atomic E-state index is 0.0539. The lowest BCUT2D eigenvalue weighted by molar-refractivity contribution is -0.160. The van der Waals surface area contributed by atoms with E-state index in [0.29, 0.717) is 12.8 Å². The molecular formula is C20H19F4N5O3S. The van der Waals surface area contributed by atoms with Crippen LogP contribution in [-0.2, 0) is 20.4 Å². The molecule has 33 heavy (non-hydrogen) atoms. The van der Waals surface area contributed by atoms with E-state index in [1.165, 1.54) is 18.3 Å². The average molecular weight is 485 g/mol. The van der Waals surface area contributed by atoms with Crippen LogP contribution < -0.4 is 10.6 Å². The predicted octanol–water partition coefficient (Wildman–Crippen LogP) is 1.96. The Kier molecular flexibility index (Phi) is 6.99. The van der Waals surface area contributed by atoms with Crippen molar-refractivity contribution in [1.29, 1.82) is 5.26 Å². The van der Waals surface area contributed by atoms with E-state index < -0.39 is 62.4 Å². The first-order valence-corrected chi connectivity index (χ1v) is 11.5. The molecule has 8 nitrogen and oxygen atoms in total. The summed E-state index contributed by atoms with van der Waals surface area (Å²) in [6.07, 6.45) is -3.01. The lowest BCUT2D eigenvalue weighted by Gasteiger charge is -2.28. The lowest BCUT2D eigenvalue weighted by atomic mass is 10.0. The molecule has 3 rings (SSSR count). The number of rotatable bonds is 9. The SMILES string of the molecule is N#CC1(NC(=O)[C@H](CS(=O)(=O)Cc2cccnn2)N[C@@H](c2ccc(F)cc2)C(F)(F)F)CC1. The number of carbonyl (C=O) groups is 1. The van der Waals surface area contributed by atoms with Crippen LogP contribution in [0.5, 0.6) is 0 Å². The van der Waals surface area contributed by atoms with Gasteiger partial charge in [-0.3, -0.25) is 10.1 Å². The second-order valence-corrected chi connectivity index (χ2v) is 9.81. The van der Waals surface area contributed by atoms with Gasteiger partial charge in [0, 0.05) is 6.20 Å². The zero-order valence-corrected chi connectivity index (χ0v) is 17.8. The van der Waals surface area contributed by atoms with E-state index in [9.17, 15) is 36.0 Å². The van der Waals surface area contributed by atoms with Crippen molar-refractivity contribution in [2.75, 3.05) is 5.75 Å². The van der Waals surface area contributed by atoms with Crippen molar-refractivity contribution >= 4 is 15.7 Å². The summed E-state index contributed by atoms with van der Waals surface area (Å²) in [5.41, 5.74) is -1.58. The number of aromatic nitrogens is 2. The molecule has 2 aromatic rings. The van der Waals surface area contributed by atoms with Gasteiger partial charge in [0.25, 0.3) is 0 Å². The van der Waals surface area contributed by atoms with Crippen molar-refractivity contribution in [2.24, 2.45) is 0 Å². The molecule has 1 aliphatic rings. The molecule has 2 atom stereocenters. The van der Waals surface area contributed by atoms with Crippen LogP contribution in [-0.4, -0.2) is 48.0 Å². The van der Waals surface area contributed by atoms with Crippen LogP contribution in [0.15, 0.2) is 42.6 Å². The molecule has 1 saturated carbocycles. The summed E-state index contributed by atoms with van der Waals surface area (Å²) in [7, 11) is -4.14. The van der Waals surface area contributed by atoms with E-state index in [4.69, 9.17) is 0 Å². The van der Waals surface area contributed by atoms with Gasteiger partial charge in [-0.05, 0) is 42.7 Å². The fourth-order valence-electron chi connectivity index (χ4n) is 3.10. The van der Waals surface area contributed by atoms with Crippen LogP contribution >= 0.6 is 0 Å². The summed E-state index contributed by atoms with van der Waals surface area (Å²) in [5, 5.41) is 20.8.